The van der Waals surface area contributed by atoms with Crippen LogP contribution in [0.2, 0.25) is 0 Å². The Morgan fingerprint density at radius 3 is 2.58 bits per heavy atom. The van der Waals surface area contributed by atoms with Gasteiger partial charge in [-0.3, -0.25) is 0 Å². The summed E-state index contributed by atoms with van der Waals surface area (Å²) in [7, 11) is 2.31. The van der Waals surface area contributed by atoms with E-state index in [4.69, 9.17) is 4.74 Å². The lowest BCUT2D eigenvalue weighted by Crippen LogP contribution is -2.44. The lowest BCUT2D eigenvalue weighted by atomic mass is 10.0. The molecule has 0 N–H and O–H groups in total. The Bertz CT molecular complexity index is 233. The molecule has 0 aromatic rings. The highest BCUT2D eigenvalue weighted by molar-refractivity contribution is 4.79. The molecule has 0 radical (unpaired) electrons. The van der Waals surface area contributed by atoms with Gasteiger partial charge >= 0.3 is 0 Å². The van der Waals surface area contributed by atoms with Crippen molar-refractivity contribution in [2.75, 3.05) is 39.8 Å². The summed E-state index contributed by atoms with van der Waals surface area (Å²) in [4.78, 5) is 5.20. The van der Waals surface area contributed by atoms with E-state index in [2.05, 4.69) is 23.8 Å². The van der Waals surface area contributed by atoms with Gasteiger partial charge in [0.25, 0.3) is 0 Å². The third kappa shape index (κ3) is 5.05. The fourth-order valence-electron chi connectivity index (χ4n) is 3.47. The molecule has 0 aromatic carbocycles. The van der Waals surface area contributed by atoms with Crippen molar-refractivity contribution in [1.29, 1.82) is 0 Å². The molecule has 1 atom stereocenters. The lowest BCUT2D eigenvalue weighted by Gasteiger charge is -2.37. The Kier molecular flexibility index (Phi) is 6.62. The zero-order valence-corrected chi connectivity index (χ0v) is 12.9. The Morgan fingerprint density at radius 1 is 1.16 bits per heavy atom. The third-order valence-electron chi connectivity index (χ3n) is 4.80. The van der Waals surface area contributed by atoms with E-state index in [-0.39, 0.29) is 0 Å². The van der Waals surface area contributed by atoms with Crippen LogP contribution in [0.4, 0.5) is 0 Å². The number of ether oxygens (including phenoxy) is 1. The molecule has 0 aromatic heterocycles. The second-order valence-corrected chi connectivity index (χ2v) is 6.33. The molecule has 0 bridgehead atoms. The SMILES string of the molecule is CCCN1CCC(N(C)CCC2CCCCO2)CC1. The van der Waals surface area contributed by atoms with Crippen molar-refractivity contribution >= 4 is 0 Å². The topological polar surface area (TPSA) is 15.7 Å². The van der Waals surface area contributed by atoms with Crippen molar-refractivity contribution in [1.82, 2.24) is 9.80 Å². The Balaban J connectivity index is 1.62. The molecule has 2 heterocycles. The molecule has 2 saturated heterocycles. The van der Waals surface area contributed by atoms with Gasteiger partial charge in [-0.05, 0) is 71.6 Å². The molecule has 2 fully saturated rings. The summed E-state index contributed by atoms with van der Waals surface area (Å²) in [5.41, 5.74) is 0. The van der Waals surface area contributed by atoms with Crippen LogP contribution in [-0.4, -0.2) is 61.8 Å². The zero-order chi connectivity index (χ0) is 13.5. The molecule has 1 unspecified atom stereocenters. The first kappa shape index (κ1) is 15.3. The molecule has 3 nitrogen and oxygen atoms in total. The molecule has 2 aliphatic rings. The summed E-state index contributed by atoms with van der Waals surface area (Å²) in [6.45, 7) is 8.35. The van der Waals surface area contributed by atoms with Crippen LogP contribution >= 0.6 is 0 Å². The fourth-order valence-corrected chi connectivity index (χ4v) is 3.47. The van der Waals surface area contributed by atoms with Crippen LogP contribution < -0.4 is 0 Å². The van der Waals surface area contributed by atoms with Gasteiger partial charge in [0.15, 0.2) is 0 Å². The highest BCUT2D eigenvalue weighted by Crippen LogP contribution is 2.19. The Morgan fingerprint density at radius 2 is 1.95 bits per heavy atom. The average molecular weight is 268 g/mol. The molecule has 112 valence electrons. The van der Waals surface area contributed by atoms with Crippen LogP contribution in [0.25, 0.3) is 0 Å². The summed E-state index contributed by atoms with van der Waals surface area (Å²) in [5, 5.41) is 0. The minimum Gasteiger partial charge on any atom is -0.378 e. The van der Waals surface area contributed by atoms with Crippen molar-refractivity contribution in [3.8, 4) is 0 Å². The molecule has 19 heavy (non-hydrogen) atoms. The summed E-state index contributed by atoms with van der Waals surface area (Å²) in [6, 6.07) is 0.802. The van der Waals surface area contributed by atoms with E-state index >= 15 is 0 Å². The normalized spacial score (nSPS) is 27.0. The highest BCUT2D eigenvalue weighted by Gasteiger charge is 2.22. The van der Waals surface area contributed by atoms with Gasteiger partial charge in [0.2, 0.25) is 0 Å². The molecule has 0 amide bonds. The number of hydrogen-bond donors (Lipinski definition) is 0. The maximum atomic E-state index is 5.83. The molecular formula is C16H32N2O. The van der Waals surface area contributed by atoms with Gasteiger partial charge in [-0.25, -0.2) is 0 Å². The third-order valence-corrected chi connectivity index (χ3v) is 4.80. The molecular weight excluding hydrogens is 236 g/mol. The van der Waals surface area contributed by atoms with Crippen molar-refractivity contribution in [3.63, 3.8) is 0 Å². The zero-order valence-electron chi connectivity index (χ0n) is 12.9. The quantitative estimate of drug-likeness (QED) is 0.737. The molecule has 2 rings (SSSR count). The predicted octanol–water partition coefficient (Wildman–Crippen LogP) is 2.75. The first-order chi connectivity index (χ1) is 9.29. The van der Waals surface area contributed by atoms with Crippen LogP contribution in [0.1, 0.15) is 51.9 Å². The van der Waals surface area contributed by atoms with Gasteiger partial charge in [-0.15, -0.1) is 0 Å². The number of likely N-dealkylation sites (tertiary alicyclic amines) is 1. The van der Waals surface area contributed by atoms with E-state index < -0.39 is 0 Å². The van der Waals surface area contributed by atoms with Crippen molar-refractivity contribution < 1.29 is 4.74 Å². The van der Waals surface area contributed by atoms with Gasteiger partial charge in [0.05, 0.1) is 6.10 Å². The second-order valence-electron chi connectivity index (χ2n) is 6.33. The number of nitrogens with zero attached hydrogens (tertiary/aromatic N) is 2. The van der Waals surface area contributed by atoms with Crippen molar-refractivity contribution in [2.45, 2.75) is 64.0 Å². The molecule has 3 heteroatoms. The van der Waals surface area contributed by atoms with E-state index in [1.54, 1.807) is 0 Å². The second kappa shape index (κ2) is 8.23. The van der Waals surface area contributed by atoms with Gasteiger partial charge in [0, 0.05) is 19.2 Å². The highest BCUT2D eigenvalue weighted by atomic mass is 16.5. The van der Waals surface area contributed by atoms with Gasteiger partial charge in [-0.1, -0.05) is 6.92 Å². The molecule has 2 aliphatic heterocycles. The van der Waals surface area contributed by atoms with Gasteiger partial charge in [-0.2, -0.15) is 0 Å². The van der Waals surface area contributed by atoms with E-state index in [1.165, 1.54) is 71.1 Å². The summed E-state index contributed by atoms with van der Waals surface area (Å²) in [6.07, 6.45) is 9.67. The Labute approximate surface area is 119 Å². The van der Waals surface area contributed by atoms with Crippen LogP contribution in [0.3, 0.4) is 0 Å². The number of hydrogen-bond acceptors (Lipinski definition) is 3. The van der Waals surface area contributed by atoms with Crippen LogP contribution in [-0.2, 0) is 4.74 Å². The van der Waals surface area contributed by atoms with Crippen molar-refractivity contribution in [2.24, 2.45) is 0 Å². The van der Waals surface area contributed by atoms with Crippen LogP contribution in [0.15, 0.2) is 0 Å². The van der Waals surface area contributed by atoms with E-state index in [9.17, 15) is 0 Å². The number of rotatable bonds is 6. The minimum atomic E-state index is 0.538. The molecule has 0 spiro atoms. The Hall–Kier alpha value is -0.120. The standard InChI is InChI=1S/C16H32N2O/c1-3-10-18-12-7-15(8-13-18)17(2)11-9-16-6-4-5-14-19-16/h15-16H,3-14H2,1-2H3. The summed E-state index contributed by atoms with van der Waals surface area (Å²) >= 11 is 0. The summed E-state index contributed by atoms with van der Waals surface area (Å²) < 4.78 is 5.83. The minimum absolute atomic E-state index is 0.538. The predicted molar refractivity (Wildman–Crippen MR) is 80.6 cm³/mol. The summed E-state index contributed by atoms with van der Waals surface area (Å²) in [5.74, 6) is 0. The van der Waals surface area contributed by atoms with E-state index in [0.29, 0.717) is 6.10 Å². The maximum Gasteiger partial charge on any atom is 0.0587 e. The first-order valence-corrected chi connectivity index (χ1v) is 8.33. The molecule has 0 aliphatic carbocycles. The maximum absolute atomic E-state index is 5.83. The van der Waals surface area contributed by atoms with E-state index in [0.717, 1.165) is 12.6 Å². The lowest BCUT2D eigenvalue weighted by molar-refractivity contribution is 0.00277. The van der Waals surface area contributed by atoms with Gasteiger partial charge in [0.1, 0.15) is 0 Å². The van der Waals surface area contributed by atoms with Gasteiger partial charge < -0.3 is 14.5 Å². The van der Waals surface area contributed by atoms with E-state index in [1.807, 2.05) is 0 Å². The largest absolute Gasteiger partial charge is 0.378 e. The fraction of sp³-hybridized carbons (Fsp3) is 1.00. The number of piperidine rings is 1. The smallest absolute Gasteiger partial charge is 0.0587 e. The first-order valence-electron chi connectivity index (χ1n) is 8.33. The van der Waals surface area contributed by atoms with Crippen LogP contribution in [0, 0.1) is 0 Å². The van der Waals surface area contributed by atoms with Crippen molar-refractivity contribution in [3.05, 3.63) is 0 Å². The van der Waals surface area contributed by atoms with Crippen LogP contribution in [0.5, 0.6) is 0 Å². The average Bonchev–Trinajstić information content (AvgIpc) is 2.47. The molecule has 0 saturated carbocycles. The monoisotopic (exact) mass is 268 g/mol.